The Bertz CT molecular complexity index is 704. The highest BCUT2D eigenvalue weighted by Crippen LogP contribution is 2.17. The molecule has 0 unspecified atom stereocenters. The number of halogens is 1. The van der Waals surface area contributed by atoms with E-state index in [0.717, 1.165) is 4.47 Å². The molecule has 0 saturated heterocycles. The van der Waals surface area contributed by atoms with Crippen LogP contribution in [0.3, 0.4) is 0 Å². The molecule has 0 bridgehead atoms. The maximum absolute atomic E-state index is 11.8. The number of carboxylic acid groups (broad SMARTS) is 1. The number of rotatable bonds is 3. The highest BCUT2D eigenvalue weighted by Gasteiger charge is 2.14. The zero-order valence-electron chi connectivity index (χ0n) is 10.2. The summed E-state index contributed by atoms with van der Waals surface area (Å²) in [5.41, 5.74) is 0.666. The molecule has 7 nitrogen and oxygen atoms in total. The van der Waals surface area contributed by atoms with Gasteiger partial charge in [-0.25, -0.2) is 9.59 Å². The summed E-state index contributed by atoms with van der Waals surface area (Å²) in [7, 11) is 0. The lowest BCUT2D eigenvalue weighted by molar-refractivity contribution is 0.0685. The molecule has 1 N–H and O–H groups in total. The number of carbonyl (C=O) groups is 1. The van der Waals surface area contributed by atoms with Gasteiger partial charge in [0.15, 0.2) is 11.5 Å². The van der Waals surface area contributed by atoms with Gasteiger partial charge in [-0.2, -0.15) is 4.98 Å². The summed E-state index contributed by atoms with van der Waals surface area (Å²) in [6.07, 6.45) is 0. The molecule has 0 spiro atoms. The Labute approximate surface area is 116 Å². The van der Waals surface area contributed by atoms with Crippen molar-refractivity contribution in [2.24, 2.45) is 0 Å². The van der Waals surface area contributed by atoms with Crippen LogP contribution in [0.5, 0.6) is 0 Å². The predicted octanol–water partition coefficient (Wildman–Crippen LogP) is 1.36. The van der Waals surface area contributed by atoms with Crippen LogP contribution in [0.2, 0.25) is 0 Å². The predicted molar refractivity (Wildman–Crippen MR) is 68.2 cm³/mol. The molecule has 0 radical (unpaired) electrons. The van der Waals surface area contributed by atoms with E-state index in [1.165, 1.54) is 10.6 Å². The van der Waals surface area contributed by atoms with Crippen molar-refractivity contribution in [3.8, 4) is 0 Å². The number of aromatic carboxylic acids is 1. The van der Waals surface area contributed by atoms with Gasteiger partial charge >= 0.3 is 11.7 Å². The average molecular weight is 328 g/mol. The first-order valence-electron chi connectivity index (χ1n) is 5.32. The number of aromatic nitrogens is 3. The first-order chi connectivity index (χ1) is 8.90. The molecule has 0 fully saturated rings. The number of carboxylic acids is 1. The molecule has 0 aliphatic carbocycles. The van der Waals surface area contributed by atoms with Crippen LogP contribution >= 0.6 is 15.9 Å². The number of hydrogen-bond donors (Lipinski definition) is 1. The SMILES string of the molecule is Cc1nc(=O)n(Cc2cc(C(=O)O)no2)c(C)c1Br. The van der Waals surface area contributed by atoms with Crippen LogP contribution < -0.4 is 5.69 Å². The van der Waals surface area contributed by atoms with E-state index in [9.17, 15) is 9.59 Å². The summed E-state index contributed by atoms with van der Waals surface area (Å²) < 4.78 is 6.98. The molecule has 19 heavy (non-hydrogen) atoms. The molecular weight excluding hydrogens is 318 g/mol. The lowest BCUT2D eigenvalue weighted by atomic mass is 10.3. The van der Waals surface area contributed by atoms with Gasteiger partial charge in [0.1, 0.15) is 0 Å². The second-order valence-corrected chi connectivity index (χ2v) is 4.74. The van der Waals surface area contributed by atoms with Gasteiger partial charge < -0.3 is 9.63 Å². The molecule has 2 heterocycles. The Kier molecular flexibility index (Phi) is 3.52. The average Bonchev–Trinajstić information content (AvgIpc) is 2.81. The Morgan fingerprint density at radius 2 is 2.21 bits per heavy atom. The Morgan fingerprint density at radius 1 is 1.53 bits per heavy atom. The fourth-order valence-corrected chi connectivity index (χ4v) is 1.91. The van der Waals surface area contributed by atoms with Crippen molar-refractivity contribution in [3.05, 3.63) is 43.9 Å². The van der Waals surface area contributed by atoms with E-state index in [4.69, 9.17) is 9.63 Å². The first-order valence-corrected chi connectivity index (χ1v) is 6.12. The quantitative estimate of drug-likeness (QED) is 0.913. The Hall–Kier alpha value is -1.96. The van der Waals surface area contributed by atoms with Crippen molar-refractivity contribution in [1.29, 1.82) is 0 Å². The fourth-order valence-electron chi connectivity index (χ4n) is 1.61. The summed E-state index contributed by atoms with van der Waals surface area (Å²) >= 11 is 3.34. The van der Waals surface area contributed by atoms with Gasteiger partial charge in [-0.3, -0.25) is 4.57 Å². The largest absolute Gasteiger partial charge is 0.476 e. The molecule has 2 aromatic rings. The summed E-state index contributed by atoms with van der Waals surface area (Å²) in [6, 6.07) is 1.28. The standard InChI is InChI=1S/C11H10BrN3O4/c1-5-9(12)6(2)15(11(18)13-5)4-7-3-8(10(16)17)14-19-7/h3H,4H2,1-2H3,(H,16,17). The molecule has 2 aromatic heterocycles. The van der Waals surface area contributed by atoms with Crippen LogP contribution in [-0.4, -0.2) is 25.8 Å². The molecule has 0 aliphatic heterocycles. The van der Waals surface area contributed by atoms with Crippen molar-refractivity contribution >= 4 is 21.9 Å². The Morgan fingerprint density at radius 3 is 2.79 bits per heavy atom. The minimum atomic E-state index is -1.18. The highest BCUT2D eigenvalue weighted by atomic mass is 79.9. The molecule has 8 heteroatoms. The summed E-state index contributed by atoms with van der Waals surface area (Å²) in [6.45, 7) is 3.56. The maximum Gasteiger partial charge on any atom is 0.358 e. The maximum atomic E-state index is 11.8. The molecule has 0 atom stereocenters. The van der Waals surface area contributed by atoms with Crippen molar-refractivity contribution in [1.82, 2.24) is 14.7 Å². The lowest BCUT2D eigenvalue weighted by Crippen LogP contribution is -2.26. The molecule has 0 amide bonds. The van der Waals surface area contributed by atoms with Crippen LogP contribution in [-0.2, 0) is 6.54 Å². The molecular formula is C11H10BrN3O4. The molecule has 100 valence electrons. The minimum absolute atomic E-state index is 0.0802. The smallest absolute Gasteiger partial charge is 0.358 e. The van der Waals surface area contributed by atoms with Gasteiger partial charge in [0.25, 0.3) is 0 Å². The van der Waals surface area contributed by atoms with E-state index >= 15 is 0 Å². The summed E-state index contributed by atoms with van der Waals surface area (Å²) in [5.74, 6) is -0.901. The van der Waals surface area contributed by atoms with Crippen LogP contribution in [0.15, 0.2) is 19.9 Å². The third-order valence-electron chi connectivity index (χ3n) is 2.63. The third-order valence-corrected chi connectivity index (χ3v) is 3.77. The van der Waals surface area contributed by atoms with Crippen LogP contribution in [0.25, 0.3) is 0 Å². The normalized spacial score (nSPS) is 10.7. The third kappa shape index (κ3) is 2.58. The summed E-state index contributed by atoms with van der Waals surface area (Å²) in [4.78, 5) is 26.4. The van der Waals surface area contributed by atoms with E-state index in [2.05, 4.69) is 26.1 Å². The first kappa shape index (κ1) is 13.5. The number of hydrogen-bond acceptors (Lipinski definition) is 5. The summed E-state index contributed by atoms with van der Waals surface area (Å²) in [5, 5.41) is 12.1. The number of nitrogens with zero attached hydrogens (tertiary/aromatic N) is 3. The van der Waals surface area contributed by atoms with E-state index in [1.54, 1.807) is 13.8 Å². The Balaban J connectivity index is 2.41. The van der Waals surface area contributed by atoms with Crippen LogP contribution in [0, 0.1) is 13.8 Å². The van der Waals surface area contributed by atoms with Gasteiger partial charge in [-0.1, -0.05) is 5.16 Å². The van der Waals surface area contributed by atoms with Crippen LogP contribution in [0.1, 0.15) is 27.6 Å². The fraction of sp³-hybridized carbons (Fsp3) is 0.273. The second kappa shape index (κ2) is 4.96. The monoisotopic (exact) mass is 327 g/mol. The number of aryl methyl sites for hydroxylation is 1. The zero-order valence-corrected chi connectivity index (χ0v) is 11.8. The second-order valence-electron chi connectivity index (χ2n) is 3.95. The lowest BCUT2D eigenvalue weighted by Gasteiger charge is -2.10. The molecule has 0 saturated carbocycles. The van der Waals surface area contributed by atoms with E-state index < -0.39 is 11.7 Å². The molecule has 0 aromatic carbocycles. The highest BCUT2D eigenvalue weighted by molar-refractivity contribution is 9.10. The van der Waals surface area contributed by atoms with E-state index in [0.29, 0.717) is 11.4 Å². The van der Waals surface area contributed by atoms with Gasteiger partial charge in [-0.15, -0.1) is 0 Å². The molecule has 2 rings (SSSR count). The van der Waals surface area contributed by atoms with Crippen molar-refractivity contribution in [2.75, 3.05) is 0 Å². The topological polar surface area (TPSA) is 98.2 Å². The molecule has 0 aliphatic rings. The van der Waals surface area contributed by atoms with Gasteiger partial charge in [-0.05, 0) is 29.8 Å². The van der Waals surface area contributed by atoms with E-state index in [1.807, 2.05) is 0 Å². The van der Waals surface area contributed by atoms with Crippen LogP contribution in [0.4, 0.5) is 0 Å². The zero-order chi connectivity index (χ0) is 14.2. The van der Waals surface area contributed by atoms with Crippen molar-refractivity contribution in [2.45, 2.75) is 20.4 Å². The van der Waals surface area contributed by atoms with E-state index in [-0.39, 0.29) is 18.0 Å². The van der Waals surface area contributed by atoms with Gasteiger partial charge in [0, 0.05) is 11.8 Å². The van der Waals surface area contributed by atoms with Crippen molar-refractivity contribution < 1.29 is 14.4 Å². The van der Waals surface area contributed by atoms with Gasteiger partial charge in [0.2, 0.25) is 0 Å². The van der Waals surface area contributed by atoms with Gasteiger partial charge in [0.05, 0.1) is 16.7 Å². The minimum Gasteiger partial charge on any atom is -0.476 e. The van der Waals surface area contributed by atoms with Crippen molar-refractivity contribution in [3.63, 3.8) is 0 Å².